The number of aromatic nitrogens is 1. The number of nitrogens with zero attached hydrogens (tertiary/aromatic N) is 2. The van der Waals surface area contributed by atoms with Gasteiger partial charge < -0.3 is 4.90 Å². The number of benzene rings is 1. The molecule has 0 unspecified atom stereocenters. The van der Waals surface area contributed by atoms with Crippen LogP contribution in [0.25, 0.3) is 0 Å². The standard InChI is InChI=1S/C13H12BrClN2/c1-17(13-12(14)3-2-8-16-13)9-10-4-6-11(15)7-5-10/h2-8H,9H2,1H3. The van der Waals surface area contributed by atoms with Gasteiger partial charge in [-0.25, -0.2) is 4.98 Å². The van der Waals surface area contributed by atoms with Gasteiger partial charge >= 0.3 is 0 Å². The molecule has 0 amide bonds. The Labute approximate surface area is 114 Å². The maximum Gasteiger partial charge on any atom is 0.142 e. The molecule has 1 heterocycles. The van der Waals surface area contributed by atoms with Crippen molar-refractivity contribution >= 4 is 33.3 Å². The highest BCUT2D eigenvalue weighted by Gasteiger charge is 2.06. The highest BCUT2D eigenvalue weighted by molar-refractivity contribution is 9.10. The average molecular weight is 312 g/mol. The number of pyridine rings is 1. The van der Waals surface area contributed by atoms with Crippen molar-refractivity contribution in [1.82, 2.24) is 4.98 Å². The fourth-order valence-electron chi connectivity index (χ4n) is 1.60. The summed E-state index contributed by atoms with van der Waals surface area (Å²) in [5.41, 5.74) is 1.20. The number of hydrogen-bond acceptors (Lipinski definition) is 2. The Balaban J connectivity index is 2.14. The van der Waals surface area contributed by atoms with Gasteiger partial charge in [-0.1, -0.05) is 23.7 Å². The van der Waals surface area contributed by atoms with E-state index in [1.165, 1.54) is 5.56 Å². The lowest BCUT2D eigenvalue weighted by Gasteiger charge is -2.19. The molecule has 0 aliphatic heterocycles. The predicted molar refractivity (Wildman–Crippen MR) is 75.5 cm³/mol. The topological polar surface area (TPSA) is 16.1 Å². The Bertz CT molecular complexity index is 499. The van der Waals surface area contributed by atoms with Crippen LogP contribution in [0.3, 0.4) is 0 Å². The second-order valence-corrected chi connectivity index (χ2v) is 5.08. The van der Waals surface area contributed by atoms with E-state index in [-0.39, 0.29) is 0 Å². The third-order valence-electron chi connectivity index (χ3n) is 2.43. The Morgan fingerprint density at radius 3 is 2.59 bits per heavy atom. The van der Waals surface area contributed by atoms with E-state index in [1.54, 1.807) is 6.20 Å². The van der Waals surface area contributed by atoms with Crippen LogP contribution in [0, 0.1) is 0 Å². The monoisotopic (exact) mass is 310 g/mol. The van der Waals surface area contributed by atoms with Crippen LogP contribution in [0.1, 0.15) is 5.56 Å². The molecule has 0 aliphatic carbocycles. The molecule has 4 heteroatoms. The normalized spacial score (nSPS) is 10.3. The molecule has 0 N–H and O–H groups in total. The Hall–Kier alpha value is -1.06. The third kappa shape index (κ3) is 3.20. The molecule has 0 fully saturated rings. The van der Waals surface area contributed by atoms with Gasteiger partial charge in [0.05, 0.1) is 4.47 Å². The molecular weight excluding hydrogens is 300 g/mol. The Morgan fingerprint density at radius 2 is 1.94 bits per heavy atom. The molecule has 0 atom stereocenters. The lowest BCUT2D eigenvalue weighted by atomic mass is 10.2. The summed E-state index contributed by atoms with van der Waals surface area (Å²) in [4.78, 5) is 6.44. The van der Waals surface area contributed by atoms with Gasteiger partial charge in [0.2, 0.25) is 0 Å². The smallest absolute Gasteiger partial charge is 0.142 e. The second kappa shape index (κ2) is 5.52. The van der Waals surface area contributed by atoms with Crippen LogP contribution in [-0.4, -0.2) is 12.0 Å². The number of hydrogen-bond donors (Lipinski definition) is 0. The van der Waals surface area contributed by atoms with Gasteiger partial charge in [-0.3, -0.25) is 0 Å². The fraction of sp³-hybridized carbons (Fsp3) is 0.154. The van der Waals surface area contributed by atoms with Crippen molar-refractivity contribution in [3.8, 4) is 0 Å². The Kier molecular flexibility index (Phi) is 4.02. The minimum atomic E-state index is 0.760. The summed E-state index contributed by atoms with van der Waals surface area (Å²) in [6.07, 6.45) is 1.79. The Morgan fingerprint density at radius 1 is 1.24 bits per heavy atom. The molecule has 0 saturated heterocycles. The molecule has 17 heavy (non-hydrogen) atoms. The van der Waals surface area contributed by atoms with Gasteiger partial charge in [0.1, 0.15) is 5.82 Å². The van der Waals surface area contributed by atoms with E-state index in [0.29, 0.717) is 0 Å². The summed E-state index contributed by atoms with van der Waals surface area (Å²) in [6.45, 7) is 0.798. The molecule has 2 nitrogen and oxygen atoms in total. The zero-order chi connectivity index (χ0) is 12.3. The minimum absolute atomic E-state index is 0.760. The van der Waals surface area contributed by atoms with E-state index in [9.17, 15) is 0 Å². The van der Waals surface area contributed by atoms with Crippen molar-refractivity contribution < 1.29 is 0 Å². The molecule has 0 spiro atoms. The van der Waals surface area contributed by atoms with E-state index in [0.717, 1.165) is 21.9 Å². The molecule has 0 saturated carbocycles. The second-order valence-electron chi connectivity index (χ2n) is 3.79. The molecule has 0 aliphatic rings. The first-order valence-corrected chi connectivity index (χ1v) is 6.40. The number of anilines is 1. The van der Waals surface area contributed by atoms with Crippen LogP contribution >= 0.6 is 27.5 Å². The average Bonchev–Trinajstić information content (AvgIpc) is 2.32. The fourth-order valence-corrected chi connectivity index (χ4v) is 2.28. The highest BCUT2D eigenvalue weighted by atomic mass is 79.9. The van der Waals surface area contributed by atoms with Crippen molar-refractivity contribution in [2.45, 2.75) is 6.54 Å². The first-order valence-electron chi connectivity index (χ1n) is 5.23. The quantitative estimate of drug-likeness (QED) is 0.847. The van der Waals surface area contributed by atoms with E-state index in [2.05, 4.69) is 25.8 Å². The zero-order valence-electron chi connectivity index (χ0n) is 9.40. The number of halogens is 2. The largest absolute Gasteiger partial charge is 0.354 e. The van der Waals surface area contributed by atoms with Crippen LogP contribution in [0.15, 0.2) is 47.1 Å². The van der Waals surface area contributed by atoms with E-state index >= 15 is 0 Å². The van der Waals surface area contributed by atoms with Gasteiger partial charge in [0.25, 0.3) is 0 Å². The summed E-state index contributed by atoms with van der Waals surface area (Å²) in [6, 6.07) is 11.7. The van der Waals surface area contributed by atoms with Crippen molar-refractivity contribution in [2.75, 3.05) is 11.9 Å². The molecule has 0 radical (unpaired) electrons. The van der Waals surface area contributed by atoms with Gasteiger partial charge in [0.15, 0.2) is 0 Å². The third-order valence-corrected chi connectivity index (χ3v) is 3.30. The zero-order valence-corrected chi connectivity index (χ0v) is 11.7. The van der Waals surface area contributed by atoms with E-state index in [4.69, 9.17) is 11.6 Å². The predicted octanol–water partition coefficient (Wildman–Crippen LogP) is 4.13. The minimum Gasteiger partial charge on any atom is -0.354 e. The van der Waals surface area contributed by atoms with E-state index in [1.807, 2.05) is 43.4 Å². The molecule has 1 aromatic heterocycles. The first kappa shape index (κ1) is 12.4. The molecule has 0 bridgehead atoms. The van der Waals surface area contributed by atoms with Crippen molar-refractivity contribution in [1.29, 1.82) is 0 Å². The van der Waals surface area contributed by atoms with Gasteiger partial charge in [-0.2, -0.15) is 0 Å². The molecular formula is C13H12BrClN2. The van der Waals surface area contributed by atoms with Gasteiger partial charge in [-0.05, 0) is 45.8 Å². The SMILES string of the molecule is CN(Cc1ccc(Cl)cc1)c1ncccc1Br. The summed E-state index contributed by atoms with van der Waals surface area (Å²) < 4.78 is 0.997. The first-order chi connectivity index (χ1) is 8.16. The van der Waals surface area contributed by atoms with E-state index < -0.39 is 0 Å². The van der Waals surface area contributed by atoms with Crippen molar-refractivity contribution in [2.24, 2.45) is 0 Å². The number of rotatable bonds is 3. The summed E-state index contributed by atoms with van der Waals surface area (Å²) >= 11 is 9.35. The van der Waals surface area contributed by atoms with Gasteiger partial charge in [-0.15, -0.1) is 0 Å². The van der Waals surface area contributed by atoms with Crippen LogP contribution in [0.5, 0.6) is 0 Å². The maximum absolute atomic E-state index is 5.86. The lowest BCUT2D eigenvalue weighted by Crippen LogP contribution is -2.17. The summed E-state index contributed by atoms with van der Waals surface area (Å²) in [7, 11) is 2.02. The lowest BCUT2D eigenvalue weighted by molar-refractivity contribution is 0.894. The van der Waals surface area contributed by atoms with Crippen LogP contribution < -0.4 is 4.90 Å². The van der Waals surface area contributed by atoms with Crippen LogP contribution in [0.4, 0.5) is 5.82 Å². The molecule has 1 aromatic carbocycles. The van der Waals surface area contributed by atoms with Crippen LogP contribution in [-0.2, 0) is 6.54 Å². The summed E-state index contributed by atoms with van der Waals surface area (Å²) in [5.74, 6) is 0.933. The van der Waals surface area contributed by atoms with Crippen molar-refractivity contribution in [3.63, 3.8) is 0 Å². The molecule has 88 valence electrons. The molecule has 2 aromatic rings. The van der Waals surface area contributed by atoms with Crippen LogP contribution in [0.2, 0.25) is 5.02 Å². The van der Waals surface area contributed by atoms with Gasteiger partial charge in [0, 0.05) is 24.8 Å². The molecule has 2 rings (SSSR count). The highest BCUT2D eigenvalue weighted by Crippen LogP contribution is 2.23. The maximum atomic E-state index is 5.86. The van der Waals surface area contributed by atoms with Crippen molar-refractivity contribution in [3.05, 3.63) is 57.7 Å². The summed E-state index contributed by atoms with van der Waals surface area (Å²) in [5, 5.41) is 0.760.